The van der Waals surface area contributed by atoms with Gasteiger partial charge < -0.3 is 10.6 Å². The van der Waals surface area contributed by atoms with Gasteiger partial charge >= 0.3 is 0 Å². The fraction of sp³-hybridized carbons (Fsp3) is 0.933. The number of hydrogen-bond acceptors (Lipinski definition) is 3. The second-order valence-corrected chi connectivity index (χ2v) is 7.02. The Bertz CT molecular complexity index is 298. The van der Waals surface area contributed by atoms with Crippen molar-refractivity contribution in [3.8, 4) is 0 Å². The minimum Gasteiger partial charge on any atom is -0.340 e. The summed E-state index contributed by atoms with van der Waals surface area (Å²) in [4.78, 5) is 17.0. The summed E-state index contributed by atoms with van der Waals surface area (Å²) in [6.45, 7) is 11.8. The fourth-order valence-corrected chi connectivity index (χ4v) is 2.86. The Hall–Kier alpha value is -0.610. The molecule has 4 nitrogen and oxygen atoms in total. The van der Waals surface area contributed by atoms with Crippen molar-refractivity contribution < 1.29 is 4.79 Å². The average Bonchev–Trinajstić information content (AvgIpc) is 2.34. The van der Waals surface area contributed by atoms with Crippen LogP contribution in [0.15, 0.2) is 0 Å². The first-order chi connectivity index (χ1) is 8.78. The molecule has 1 saturated heterocycles. The summed E-state index contributed by atoms with van der Waals surface area (Å²) in [5, 5.41) is 0. The average molecular weight is 269 g/mol. The van der Waals surface area contributed by atoms with E-state index in [1.807, 2.05) is 4.90 Å². The zero-order valence-electron chi connectivity index (χ0n) is 13.3. The molecule has 1 fully saturated rings. The van der Waals surface area contributed by atoms with E-state index in [2.05, 4.69) is 39.6 Å². The molecule has 1 aliphatic heterocycles. The van der Waals surface area contributed by atoms with Gasteiger partial charge in [-0.05, 0) is 25.3 Å². The van der Waals surface area contributed by atoms with Gasteiger partial charge in [-0.25, -0.2) is 0 Å². The van der Waals surface area contributed by atoms with Gasteiger partial charge in [0.25, 0.3) is 0 Å². The Morgan fingerprint density at radius 3 is 2.47 bits per heavy atom. The van der Waals surface area contributed by atoms with Crippen molar-refractivity contribution in [2.45, 2.75) is 46.6 Å². The Balaban J connectivity index is 2.65. The number of hydrogen-bond donors (Lipinski definition) is 1. The van der Waals surface area contributed by atoms with E-state index in [0.29, 0.717) is 12.6 Å². The molecule has 112 valence electrons. The molecule has 0 aliphatic carbocycles. The maximum atomic E-state index is 12.6. The Morgan fingerprint density at radius 2 is 2.00 bits per heavy atom. The predicted octanol–water partition coefficient (Wildman–Crippen LogP) is 1.55. The van der Waals surface area contributed by atoms with Crippen LogP contribution in [-0.2, 0) is 4.79 Å². The number of nitrogens with zero attached hydrogens (tertiary/aromatic N) is 2. The van der Waals surface area contributed by atoms with Crippen LogP contribution in [0.2, 0.25) is 0 Å². The molecule has 2 N–H and O–H groups in total. The second kappa shape index (κ2) is 6.71. The van der Waals surface area contributed by atoms with Crippen molar-refractivity contribution in [1.82, 2.24) is 9.80 Å². The predicted molar refractivity (Wildman–Crippen MR) is 79.9 cm³/mol. The largest absolute Gasteiger partial charge is 0.340 e. The molecule has 0 saturated carbocycles. The number of amides is 1. The van der Waals surface area contributed by atoms with E-state index in [9.17, 15) is 4.79 Å². The summed E-state index contributed by atoms with van der Waals surface area (Å²) in [6, 6.07) is 0.491. The summed E-state index contributed by atoms with van der Waals surface area (Å²) in [5.41, 5.74) is 5.97. The van der Waals surface area contributed by atoms with Crippen LogP contribution in [0.4, 0.5) is 0 Å². The van der Waals surface area contributed by atoms with Gasteiger partial charge in [0.2, 0.25) is 5.91 Å². The first kappa shape index (κ1) is 16.4. The SMILES string of the molecule is CCC1CN(C(=O)C(CN)CC(C)(C)C)CCN1C. The minimum absolute atomic E-state index is 0.0269. The van der Waals surface area contributed by atoms with Gasteiger partial charge in [-0.1, -0.05) is 27.7 Å². The number of piperazine rings is 1. The zero-order valence-corrected chi connectivity index (χ0v) is 13.3. The first-order valence-electron chi connectivity index (χ1n) is 7.47. The molecular formula is C15H31N3O. The first-order valence-corrected chi connectivity index (χ1v) is 7.47. The van der Waals surface area contributed by atoms with Crippen molar-refractivity contribution in [1.29, 1.82) is 0 Å². The molecule has 2 unspecified atom stereocenters. The number of carbonyl (C=O) groups excluding carboxylic acids is 1. The Morgan fingerprint density at radius 1 is 1.37 bits per heavy atom. The third kappa shape index (κ3) is 4.77. The summed E-state index contributed by atoms with van der Waals surface area (Å²) in [5.74, 6) is 0.227. The third-order valence-electron chi connectivity index (χ3n) is 4.05. The molecule has 1 aliphatic rings. The Labute approximate surface area is 118 Å². The quantitative estimate of drug-likeness (QED) is 0.842. The lowest BCUT2D eigenvalue weighted by atomic mass is 9.84. The second-order valence-electron chi connectivity index (χ2n) is 7.02. The summed E-state index contributed by atoms with van der Waals surface area (Å²) >= 11 is 0. The highest BCUT2D eigenvalue weighted by Gasteiger charge is 2.31. The maximum absolute atomic E-state index is 12.6. The van der Waals surface area contributed by atoms with Crippen molar-refractivity contribution in [2.24, 2.45) is 17.1 Å². The van der Waals surface area contributed by atoms with E-state index in [-0.39, 0.29) is 17.2 Å². The molecule has 19 heavy (non-hydrogen) atoms. The van der Waals surface area contributed by atoms with Crippen LogP contribution in [0, 0.1) is 11.3 Å². The lowest BCUT2D eigenvalue weighted by molar-refractivity contribution is -0.139. The van der Waals surface area contributed by atoms with Gasteiger partial charge in [-0.3, -0.25) is 9.69 Å². The van der Waals surface area contributed by atoms with Crippen LogP contribution in [-0.4, -0.2) is 55.0 Å². The van der Waals surface area contributed by atoms with Crippen molar-refractivity contribution in [2.75, 3.05) is 33.2 Å². The molecule has 4 heteroatoms. The molecule has 0 radical (unpaired) electrons. The summed E-state index contributed by atoms with van der Waals surface area (Å²) in [7, 11) is 2.14. The molecule has 0 spiro atoms. The molecule has 1 rings (SSSR count). The molecular weight excluding hydrogens is 238 g/mol. The van der Waals surface area contributed by atoms with Crippen LogP contribution in [0.3, 0.4) is 0 Å². The van der Waals surface area contributed by atoms with E-state index < -0.39 is 0 Å². The van der Waals surface area contributed by atoms with Crippen LogP contribution >= 0.6 is 0 Å². The highest BCUT2D eigenvalue weighted by molar-refractivity contribution is 5.79. The molecule has 1 amide bonds. The van der Waals surface area contributed by atoms with Crippen LogP contribution in [0.25, 0.3) is 0 Å². The number of nitrogens with two attached hydrogens (primary N) is 1. The van der Waals surface area contributed by atoms with Gasteiger partial charge in [0, 0.05) is 32.2 Å². The molecule has 1 heterocycles. The van der Waals surface area contributed by atoms with Crippen LogP contribution in [0.1, 0.15) is 40.5 Å². The van der Waals surface area contributed by atoms with Gasteiger partial charge in [0.1, 0.15) is 0 Å². The molecule has 0 bridgehead atoms. The standard InChI is InChI=1S/C15H31N3O/c1-6-13-11-18(8-7-17(13)5)14(19)12(10-16)9-15(2,3)4/h12-13H,6-11,16H2,1-5H3. The lowest BCUT2D eigenvalue weighted by Crippen LogP contribution is -2.55. The third-order valence-corrected chi connectivity index (χ3v) is 4.05. The van der Waals surface area contributed by atoms with Gasteiger partial charge in [0.05, 0.1) is 5.92 Å². The van der Waals surface area contributed by atoms with Gasteiger partial charge in [-0.15, -0.1) is 0 Å². The van der Waals surface area contributed by atoms with E-state index in [1.165, 1.54) is 0 Å². The van der Waals surface area contributed by atoms with E-state index in [1.54, 1.807) is 0 Å². The van der Waals surface area contributed by atoms with E-state index in [0.717, 1.165) is 32.5 Å². The topological polar surface area (TPSA) is 49.6 Å². The highest BCUT2D eigenvalue weighted by Crippen LogP contribution is 2.26. The normalized spacial score (nSPS) is 23.5. The monoisotopic (exact) mass is 269 g/mol. The number of likely N-dealkylation sites (N-methyl/N-ethyl adjacent to an activating group) is 1. The zero-order chi connectivity index (χ0) is 14.6. The minimum atomic E-state index is -0.0269. The molecule has 0 aromatic rings. The van der Waals surface area contributed by atoms with Crippen molar-refractivity contribution in [3.63, 3.8) is 0 Å². The van der Waals surface area contributed by atoms with Crippen LogP contribution in [0.5, 0.6) is 0 Å². The van der Waals surface area contributed by atoms with E-state index in [4.69, 9.17) is 5.73 Å². The number of rotatable bonds is 4. The molecule has 0 aromatic heterocycles. The molecule has 0 aromatic carbocycles. The Kier molecular flexibility index (Phi) is 5.81. The van der Waals surface area contributed by atoms with Crippen molar-refractivity contribution >= 4 is 5.91 Å². The summed E-state index contributed by atoms with van der Waals surface area (Å²) in [6.07, 6.45) is 1.96. The number of carbonyl (C=O) groups is 1. The van der Waals surface area contributed by atoms with Crippen LogP contribution < -0.4 is 5.73 Å². The fourth-order valence-electron chi connectivity index (χ4n) is 2.86. The lowest BCUT2D eigenvalue weighted by Gasteiger charge is -2.40. The van der Waals surface area contributed by atoms with Gasteiger partial charge in [0.15, 0.2) is 0 Å². The summed E-state index contributed by atoms with van der Waals surface area (Å²) < 4.78 is 0. The smallest absolute Gasteiger partial charge is 0.227 e. The maximum Gasteiger partial charge on any atom is 0.227 e. The van der Waals surface area contributed by atoms with Crippen molar-refractivity contribution in [3.05, 3.63) is 0 Å². The molecule has 2 atom stereocenters. The van der Waals surface area contributed by atoms with Gasteiger partial charge in [-0.2, -0.15) is 0 Å². The highest BCUT2D eigenvalue weighted by atomic mass is 16.2. The van der Waals surface area contributed by atoms with E-state index >= 15 is 0 Å².